The maximum Gasteiger partial charge on any atom is 0.268 e. The minimum Gasteiger partial charge on any atom is -0.377 e. The lowest BCUT2D eigenvalue weighted by Crippen LogP contribution is -2.35. The van der Waals surface area contributed by atoms with E-state index in [1.165, 1.54) is 28.0 Å². The molecule has 2 heterocycles. The molecule has 0 atom stereocenters. The SMILES string of the molecule is CCSC1=C(c2cccs2)C(=O)N(CCOC(C)C)C1=O. The Morgan fingerprint density at radius 1 is 1.33 bits per heavy atom. The van der Waals surface area contributed by atoms with Crippen molar-refractivity contribution in [2.75, 3.05) is 18.9 Å². The molecular weight excluding hydrogens is 306 g/mol. The Hall–Kier alpha value is -1.11. The van der Waals surface area contributed by atoms with Crippen LogP contribution in [0, 0.1) is 0 Å². The maximum atomic E-state index is 12.6. The number of rotatable bonds is 7. The van der Waals surface area contributed by atoms with Gasteiger partial charge in [-0.05, 0) is 31.0 Å². The highest BCUT2D eigenvalue weighted by Crippen LogP contribution is 2.37. The fourth-order valence-electron chi connectivity index (χ4n) is 2.05. The molecule has 0 spiro atoms. The van der Waals surface area contributed by atoms with Crippen LogP contribution in [0.1, 0.15) is 25.6 Å². The molecule has 4 nitrogen and oxygen atoms in total. The molecule has 0 radical (unpaired) electrons. The Labute approximate surface area is 133 Å². The second-order valence-electron chi connectivity index (χ2n) is 4.80. The van der Waals surface area contributed by atoms with Gasteiger partial charge in [0.05, 0.1) is 29.7 Å². The summed E-state index contributed by atoms with van der Waals surface area (Å²) in [5, 5.41) is 1.92. The zero-order chi connectivity index (χ0) is 15.4. The molecule has 2 rings (SSSR count). The Kier molecular flexibility index (Phi) is 5.61. The summed E-state index contributed by atoms with van der Waals surface area (Å²) >= 11 is 2.92. The summed E-state index contributed by atoms with van der Waals surface area (Å²) in [6, 6.07) is 3.78. The number of nitrogens with zero attached hydrogens (tertiary/aromatic N) is 1. The Morgan fingerprint density at radius 2 is 2.10 bits per heavy atom. The molecule has 1 aliphatic rings. The third-order valence-corrected chi connectivity index (χ3v) is 4.79. The molecule has 6 heteroatoms. The third kappa shape index (κ3) is 3.56. The minimum atomic E-state index is -0.203. The average molecular weight is 325 g/mol. The number of thioether (sulfide) groups is 1. The van der Waals surface area contributed by atoms with Crippen LogP contribution >= 0.6 is 23.1 Å². The van der Waals surface area contributed by atoms with Crippen LogP contribution in [-0.4, -0.2) is 41.7 Å². The van der Waals surface area contributed by atoms with Crippen LogP contribution in [0.25, 0.3) is 5.57 Å². The summed E-state index contributed by atoms with van der Waals surface area (Å²) < 4.78 is 5.45. The number of thiophene rings is 1. The third-order valence-electron chi connectivity index (χ3n) is 2.95. The van der Waals surface area contributed by atoms with Crippen molar-refractivity contribution >= 4 is 40.5 Å². The van der Waals surface area contributed by atoms with Gasteiger partial charge in [0.1, 0.15) is 0 Å². The standard InChI is InChI=1S/C15H19NO3S2/c1-4-20-13-12(11-6-5-9-21-11)14(17)16(15(13)18)7-8-19-10(2)3/h5-6,9-10H,4,7-8H2,1-3H3. The topological polar surface area (TPSA) is 46.6 Å². The highest BCUT2D eigenvalue weighted by atomic mass is 32.2. The predicted octanol–water partition coefficient (Wildman–Crippen LogP) is 3.01. The lowest BCUT2D eigenvalue weighted by Gasteiger charge is -2.16. The maximum absolute atomic E-state index is 12.6. The van der Waals surface area contributed by atoms with E-state index < -0.39 is 0 Å². The summed E-state index contributed by atoms with van der Waals surface area (Å²) in [4.78, 5) is 27.7. The number of ether oxygens (including phenoxy) is 1. The summed E-state index contributed by atoms with van der Waals surface area (Å²) in [5.74, 6) is 0.368. The summed E-state index contributed by atoms with van der Waals surface area (Å²) in [6.45, 7) is 6.52. The molecule has 0 unspecified atom stereocenters. The molecule has 0 fully saturated rings. The second-order valence-corrected chi connectivity index (χ2v) is 7.02. The van der Waals surface area contributed by atoms with E-state index >= 15 is 0 Å². The fraction of sp³-hybridized carbons (Fsp3) is 0.467. The zero-order valence-electron chi connectivity index (χ0n) is 12.4. The van der Waals surface area contributed by atoms with Crippen molar-refractivity contribution in [1.82, 2.24) is 4.90 Å². The summed E-state index contributed by atoms with van der Waals surface area (Å²) in [6.07, 6.45) is 0.0898. The van der Waals surface area contributed by atoms with Gasteiger partial charge in [0, 0.05) is 4.88 Å². The fourth-order valence-corrected chi connectivity index (χ4v) is 3.75. The molecule has 21 heavy (non-hydrogen) atoms. The zero-order valence-corrected chi connectivity index (χ0v) is 14.1. The molecule has 1 aliphatic heterocycles. The van der Waals surface area contributed by atoms with E-state index in [0.717, 1.165) is 10.6 Å². The van der Waals surface area contributed by atoms with Crippen molar-refractivity contribution < 1.29 is 14.3 Å². The van der Waals surface area contributed by atoms with Gasteiger partial charge in [-0.2, -0.15) is 0 Å². The molecule has 0 bridgehead atoms. The Morgan fingerprint density at radius 3 is 2.67 bits per heavy atom. The highest BCUT2D eigenvalue weighted by molar-refractivity contribution is 8.04. The molecule has 0 saturated heterocycles. The highest BCUT2D eigenvalue weighted by Gasteiger charge is 2.39. The molecule has 114 valence electrons. The first kappa shape index (κ1) is 16.3. The van der Waals surface area contributed by atoms with Crippen molar-refractivity contribution in [3.8, 4) is 0 Å². The number of hydrogen-bond acceptors (Lipinski definition) is 5. The first-order valence-corrected chi connectivity index (χ1v) is 8.81. The normalized spacial score (nSPS) is 15.7. The minimum absolute atomic E-state index is 0.0898. The largest absolute Gasteiger partial charge is 0.377 e. The van der Waals surface area contributed by atoms with Gasteiger partial charge >= 0.3 is 0 Å². The number of carbonyl (C=O) groups is 2. The van der Waals surface area contributed by atoms with Gasteiger partial charge < -0.3 is 4.74 Å². The molecule has 1 aromatic heterocycles. The first-order chi connectivity index (χ1) is 10.1. The van der Waals surface area contributed by atoms with Crippen molar-refractivity contribution in [2.45, 2.75) is 26.9 Å². The van der Waals surface area contributed by atoms with Gasteiger partial charge in [-0.3, -0.25) is 14.5 Å². The van der Waals surface area contributed by atoms with E-state index in [-0.39, 0.29) is 17.9 Å². The molecule has 0 saturated carbocycles. The van der Waals surface area contributed by atoms with Crippen molar-refractivity contribution in [2.24, 2.45) is 0 Å². The van der Waals surface area contributed by atoms with Gasteiger partial charge in [-0.15, -0.1) is 23.1 Å². The van der Waals surface area contributed by atoms with Gasteiger partial charge in [0.2, 0.25) is 0 Å². The van der Waals surface area contributed by atoms with E-state index in [9.17, 15) is 9.59 Å². The lowest BCUT2D eigenvalue weighted by molar-refractivity contribution is -0.137. The molecule has 1 aromatic rings. The van der Waals surface area contributed by atoms with E-state index in [4.69, 9.17) is 4.74 Å². The predicted molar refractivity (Wildman–Crippen MR) is 87.2 cm³/mol. The van der Waals surface area contributed by atoms with E-state index in [0.29, 0.717) is 23.6 Å². The number of hydrogen-bond donors (Lipinski definition) is 0. The quantitative estimate of drug-likeness (QED) is 0.723. The van der Waals surface area contributed by atoms with Crippen LogP contribution in [0.15, 0.2) is 22.4 Å². The Balaban J connectivity index is 2.20. The van der Waals surface area contributed by atoms with E-state index in [2.05, 4.69) is 0 Å². The van der Waals surface area contributed by atoms with E-state index in [1.54, 1.807) is 0 Å². The molecule has 2 amide bonds. The first-order valence-electron chi connectivity index (χ1n) is 6.95. The van der Waals surface area contributed by atoms with Gasteiger partial charge in [-0.25, -0.2) is 0 Å². The number of amides is 2. The number of carbonyl (C=O) groups excluding carboxylic acids is 2. The van der Waals surface area contributed by atoms with Gasteiger partial charge in [-0.1, -0.05) is 13.0 Å². The van der Waals surface area contributed by atoms with Crippen molar-refractivity contribution in [3.05, 3.63) is 27.3 Å². The summed E-state index contributed by atoms with van der Waals surface area (Å²) in [7, 11) is 0. The Bertz CT molecular complexity index is 549. The summed E-state index contributed by atoms with van der Waals surface area (Å²) in [5.41, 5.74) is 0.548. The van der Waals surface area contributed by atoms with Crippen LogP contribution < -0.4 is 0 Å². The second kappa shape index (κ2) is 7.24. The van der Waals surface area contributed by atoms with Crippen molar-refractivity contribution in [3.63, 3.8) is 0 Å². The van der Waals surface area contributed by atoms with Crippen LogP contribution in [0.2, 0.25) is 0 Å². The molecule has 0 N–H and O–H groups in total. The smallest absolute Gasteiger partial charge is 0.268 e. The van der Waals surface area contributed by atoms with Crippen molar-refractivity contribution in [1.29, 1.82) is 0 Å². The van der Waals surface area contributed by atoms with Gasteiger partial charge in [0.25, 0.3) is 11.8 Å². The van der Waals surface area contributed by atoms with Gasteiger partial charge in [0.15, 0.2) is 0 Å². The van der Waals surface area contributed by atoms with Crippen LogP contribution in [-0.2, 0) is 14.3 Å². The average Bonchev–Trinajstić information content (AvgIpc) is 3.02. The van der Waals surface area contributed by atoms with E-state index in [1.807, 2.05) is 38.3 Å². The molecule has 0 aliphatic carbocycles. The number of imide groups is 1. The van der Waals surface area contributed by atoms with Crippen LogP contribution in [0.5, 0.6) is 0 Å². The van der Waals surface area contributed by atoms with Crippen LogP contribution in [0.4, 0.5) is 0 Å². The molecular formula is C15H19NO3S2. The van der Waals surface area contributed by atoms with Crippen LogP contribution in [0.3, 0.4) is 0 Å². The monoisotopic (exact) mass is 325 g/mol. The lowest BCUT2D eigenvalue weighted by atomic mass is 10.2. The molecule has 0 aromatic carbocycles.